The lowest BCUT2D eigenvalue weighted by molar-refractivity contribution is 1.14. The smallest absolute Gasteiger partial charge is 0.160 e. The van der Waals surface area contributed by atoms with E-state index in [4.69, 9.17) is 19.9 Å². The minimum Gasteiger partial charge on any atom is -0.309 e. The highest BCUT2D eigenvalue weighted by Crippen LogP contribution is 2.43. The molecule has 0 fully saturated rings. The Bertz CT molecular complexity index is 8310. The normalized spacial score (nSPS) is 11.3. The number of rotatable bonds is 14. The van der Waals surface area contributed by atoms with Crippen molar-refractivity contribution >= 4 is 151 Å². The SMILES string of the molecule is Brc1ccc2c3ccccc3n(-c3cc(-c4ccccn4)cc(-c4ccccn4)c3)c2c1.Brc1ccc2c3ccccc3n(-c3cc(-c4ccccn4)nc(-c4ccccn4)c3)c2c1.Brc1ccc2c3ccccc3n(-c3ccc(-c4cc(-c5ccccc5)nc(-c5ccccc5)c4)cc3)c2c1.Brc1ccc2c3ccccc3n(-c3ccc(-c4cc(-c5ccccc5)nc(-c5ccccc5)n4)cc3)c2c1. The highest BCUT2D eigenvalue weighted by atomic mass is 79.9. The van der Waals surface area contributed by atoms with E-state index in [9.17, 15) is 0 Å². The molecule has 12 nitrogen and oxygen atoms in total. The van der Waals surface area contributed by atoms with Crippen molar-refractivity contribution in [3.05, 3.63) is 504 Å². The Morgan fingerprint density at radius 2 is 0.414 bits per heavy atom. The second-order valence-corrected chi connectivity index (χ2v) is 37.6. The van der Waals surface area contributed by atoms with Gasteiger partial charge in [-0.3, -0.25) is 19.9 Å². The van der Waals surface area contributed by atoms with Gasteiger partial charge in [0.2, 0.25) is 0 Å². The van der Waals surface area contributed by atoms with Crippen LogP contribution in [0.4, 0.5) is 0 Å². The third-order valence-corrected chi connectivity index (χ3v) is 27.2. The maximum atomic E-state index is 5.03. The molecule has 664 valence electrons. The van der Waals surface area contributed by atoms with Gasteiger partial charge in [-0.2, -0.15) is 0 Å². The van der Waals surface area contributed by atoms with E-state index in [1.54, 1.807) is 12.4 Å². The topological polar surface area (TPSA) is 123 Å². The maximum absolute atomic E-state index is 5.03. The molecule has 0 unspecified atom stereocenters. The van der Waals surface area contributed by atoms with E-state index in [1.165, 1.54) is 70.7 Å². The standard InChI is InChI=1S/C35H23BrN2.C34H22BrN3.C28H18BrN3.C27H17BrN4/c36-28-17-20-31-30-13-7-8-14-34(30)38(35(31)23-28)29-18-15-24(16-19-29)27-21-32(25-9-3-1-4-10-25)37-33(22-27)26-11-5-2-6-12-26;35-26-17-20-29-28-13-7-8-14-32(28)38(33(29)21-26)27-18-15-24(16-19-27)31-22-30(23-9-3-1-4-10-23)36-34(37-31)25-11-5-2-6-12-25;29-21-11-12-24-23-7-1-2-10-27(23)32(28(24)18-21)22-16-19(25-8-3-5-13-30-25)15-20(17-22)26-9-4-6-14-31-26;28-18-11-12-21-20-7-1-2-10-26(20)32(27(21)15-18)19-16-24(22-8-3-5-13-29-22)31-25(17-19)23-9-4-6-14-30-23/h1-23H;1-22H;1-18H;1-17H. The molecule has 140 heavy (non-hydrogen) atoms. The van der Waals surface area contributed by atoms with Crippen LogP contribution in [0.25, 0.3) is 223 Å². The molecular weight excluding hydrogens is 1980 g/mol. The summed E-state index contributed by atoms with van der Waals surface area (Å²) in [6, 6.07) is 160. The maximum Gasteiger partial charge on any atom is 0.160 e. The van der Waals surface area contributed by atoms with Gasteiger partial charge in [-0.1, -0.05) is 331 Å². The van der Waals surface area contributed by atoms with Crippen LogP contribution < -0.4 is 0 Å². The molecule has 16 heteroatoms. The van der Waals surface area contributed by atoms with Gasteiger partial charge in [-0.15, -0.1) is 0 Å². The molecule has 0 bridgehead atoms. The summed E-state index contributed by atoms with van der Waals surface area (Å²) in [6.45, 7) is 0. The van der Waals surface area contributed by atoms with Crippen LogP contribution >= 0.6 is 63.7 Å². The summed E-state index contributed by atoms with van der Waals surface area (Å²) in [5.41, 5.74) is 32.4. The Kier molecular flexibility index (Phi) is 24.3. The summed E-state index contributed by atoms with van der Waals surface area (Å²) in [6.07, 6.45) is 7.25. The van der Waals surface area contributed by atoms with Crippen molar-refractivity contribution in [3.8, 4) is 136 Å². The first-order chi connectivity index (χ1) is 69.0. The number of benzene rings is 15. The second-order valence-electron chi connectivity index (χ2n) is 33.9. The molecule has 26 rings (SSSR count). The molecule has 0 N–H and O–H groups in total. The fourth-order valence-corrected chi connectivity index (χ4v) is 20.2. The van der Waals surface area contributed by atoms with Crippen LogP contribution in [0.15, 0.2) is 504 Å². The van der Waals surface area contributed by atoms with Crippen LogP contribution in [0.5, 0.6) is 0 Å². The van der Waals surface area contributed by atoms with Crippen LogP contribution in [-0.4, -0.2) is 58.1 Å². The molecule has 0 saturated carbocycles. The Morgan fingerprint density at radius 1 is 0.143 bits per heavy atom. The Hall–Kier alpha value is -16.6. The largest absolute Gasteiger partial charge is 0.309 e. The monoisotopic (exact) mass is 2050 g/mol. The Morgan fingerprint density at radius 3 is 0.757 bits per heavy atom. The zero-order chi connectivity index (χ0) is 93.9. The first kappa shape index (κ1) is 87.4. The van der Waals surface area contributed by atoms with Crippen molar-refractivity contribution < 1.29 is 0 Å². The third kappa shape index (κ3) is 17.7. The Labute approximate surface area is 841 Å². The zero-order valence-electron chi connectivity index (χ0n) is 75.1. The quantitative estimate of drug-likeness (QED) is 0.105. The third-order valence-electron chi connectivity index (χ3n) is 25.2. The first-order valence-electron chi connectivity index (χ1n) is 46.0. The van der Waals surface area contributed by atoms with Gasteiger partial charge in [-0.25, -0.2) is 19.9 Å². The predicted octanol–water partition coefficient (Wildman–Crippen LogP) is 34.0. The van der Waals surface area contributed by atoms with E-state index in [0.29, 0.717) is 0 Å². The minimum absolute atomic E-state index is 0.721. The number of pyridine rings is 6. The summed E-state index contributed by atoms with van der Waals surface area (Å²) in [5.74, 6) is 0.721. The molecule has 0 spiro atoms. The summed E-state index contributed by atoms with van der Waals surface area (Å²) < 4.78 is 13.5. The summed E-state index contributed by atoms with van der Waals surface area (Å²) in [5, 5.41) is 9.88. The molecule has 0 aliphatic rings. The molecule has 26 aromatic rings. The molecule has 0 radical (unpaired) electrons. The summed E-state index contributed by atoms with van der Waals surface area (Å²) in [7, 11) is 0. The molecule has 11 aromatic heterocycles. The van der Waals surface area contributed by atoms with Gasteiger partial charge in [0.05, 0.1) is 107 Å². The van der Waals surface area contributed by atoms with Gasteiger partial charge in [0.1, 0.15) is 0 Å². The highest BCUT2D eigenvalue weighted by molar-refractivity contribution is 9.11. The van der Waals surface area contributed by atoms with Gasteiger partial charge in [-0.05, 0) is 205 Å². The van der Waals surface area contributed by atoms with Crippen LogP contribution in [0.2, 0.25) is 0 Å². The van der Waals surface area contributed by atoms with Crippen LogP contribution in [-0.2, 0) is 0 Å². The molecule has 0 aliphatic carbocycles. The summed E-state index contributed by atoms with van der Waals surface area (Å²) in [4.78, 5) is 38.1. The number of fused-ring (bicyclic) bond motifs is 12. The average molecular weight is 2060 g/mol. The van der Waals surface area contributed by atoms with Crippen molar-refractivity contribution in [1.82, 2.24) is 58.1 Å². The number of aromatic nitrogens is 12. The van der Waals surface area contributed by atoms with Crippen LogP contribution in [0, 0.1) is 0 Å². The van der Waals surface area contributed by atoms with E-state index in [-0.39, 0.29) is 0 Å². The molecular formula is C124H80Br4N12. The number of hydrogen-bond donors (Lipinski definition) is 0. The van der Waals surface area contributed by atoms with Gasteiger partial charge >= 0.3 is 0 Å². The van der Waals surface area contributed by atoms with Gasteiger partial charge in [0.25, 0.3) is 0 Å². The molecule has 0 aliphatic heterocycles. The number of nitrogens with zero attached hydrogens (tertiary/aromatic N) is 12. The van der Waals surface area contributed by atoms with Crippen molar-refractivity contribution in [1.29, 1.82) is 0 Å². The number of hydrogen-bond acceptors (Lipinski definition) is 8. The van der Waals surface area contributed by atoms with Gasteiger partial charge in [0, 0.05) is 142 Å². The number of halogens is 4. The average Bonchev–Trinajstić information content (AvgIpc) is 1.60. The van der Waals surface area contributed by atoms with E-state index >= 15 is 0 Å². The lowest BCUT2D eigenvalue weighted by Crippen LogP contribution is -1.99. The summed E-state index contributed by atoms with van der Waals surface area (Å²) >= 11 is 14.7. The zero-order valence-corrected chi connectivity index (χ0v) is 81.4. The fraction of sp³-hybridized carbons (Fsp3) is 0. The van der Waals surface area contributed by atoms with Crippen molar-refractivity contribution in [2.75, 3.05) is 0 Å². The Balaban J connectivity index is 0.000000104. The lowest BCUT2D eigenvalue weighted by Gasteiger charge is -2.13. The van der Waals surface area contributed by atoms with Crippen molar-refractivity contribution in [3.63, 3.8) is 0 Å². The first-order valence-corrected chi connectivity index (χ1v) is 49.1. The molecule has 15 aromatic carbocycles. The van der Waals surface area contributed by atoms with E-state index < -0.39 is 0 Å². The molecule has 0 amide bonds. The second kappa shape index (κ2) is 38.9. The lowest BCUT2D eigenvalue weighted by atomic mass is 10.00. The van der Waals surface area contributed by atoms with Crippen molar-refractivity contribution in [2.24, 2.45) is 0 Å². The van der Waals surface area contributed by atoms with Crippen LogP contribution in [0.1, 0.15) is 0 Å². The van der Waals surface area contributed by atoms with Crippen LogP contribution in [0.3, 0.4) is 0 Å². The molecule has 0 saturated heterocycles. The minimum atomic E-state index is 0.721. The predicted molar refractivity (Wildman–Crippen MR) is 591 cm³/mol. The van der Waals surface area contributed by atoms with E-state index in [1.807, 2.05) is 134 Å². The number of para-hydroxylation sites is 4. The van der Waals surface area contributed by atoms with E-state index in [2.05, 4.69) is 442 Å². The molecule has 11 heterocycles. The van der Waals surface area contributed by atoms with Gasteiger partial charge < -0.3 is 18.3 Å². The highest BCUT2D eigenvalue weighted by Gasteiger charge is 2.23. The molecule has 0 atom stereocenters. The van der Waals surface area contributed by atoms with E-state index in [0.717, 1.165) is 170 Å². The van der Waals surface area contributed by atoms with Crippen molar-refractivity contribution in [2.45, 2.75) is 0 Å². The van der Waals surface area contributed by atoms with Gasteiger partial charge in [0.15, 0.2) is 5.82 Å². The fourth-order valence-electron chi connectivity index (χ4n) is 18.8.